The molecule has 0 saturated carbocycles. The van der Waals surface area contributed by atoms with Gasteiger partial charge in [0.05, 0.1) is 21.8 Å². The standard InChI is InChI=1S/C18H16N4O3S2/c1-11-19-14-8-7-12(9-15(14)26-11)20-17(23)10-22(2)18-13-5-3-4-6-16(13)27(24,25)21-18/h3-9H,10H2,1-2H3,(H,20,23). The average Bonchev–Trinajstić information content (AvgIpc) is 3.11. The molecule has 27 heavy (non-hydrogen) atoms. The van der Waals surface area contributed by atoms with Gasteiger partial charge < -0.3 is 10.2 Å². The second-order valence-electron chi connectivity index (χ2n) is 6.21. The lowest BCUT2D eigenvalue weighted by Crippen LogP contribution is -2.34. The van der Waals surface area contributed by atoms with Gasteiger partial charge in [0.15, 0.2) is 5.84 Å². The number of carbonyl (C=O) groups excluding carboxylic acids is 1. The number of aromatic nitrogens is 1. The zero-order valence-corrected chi connectivity index (χ0v) is 16.3. The number of hydrogen-bond acceptors (Lipinski definition) is 6. The molecule has 1 aliphatic heterocycles. The molecule has 7 nitrogen and oxygen atoms in total. The fraction of sp³-hybridized carbons (Fsp3) is 0.167. The van der Waals surface area contributed by atoms with E-state index in [0.717, 1.165) is 15.2 Å². The van der Waals surface area contributed by atoms with E-state index in [1.54, 1.807) is 42.6 Å². The molecule has 0 unspecified atom stereocenters. The third-order valence-electron chi connectivity index (χ3n) is 4.13. The van der Waals surface area contributed by atoms with Crippen LogP contribution < -0.4 is 5.32 Å². The highest BCUT2D eigenvalue weighted by molar-refractivity contribution is 7.90. The molecular formula is C18H16N4O3S2. The minimum Gasteiger partial charge on any atom is -0.349 e. The Kier molecular flexibility index (Phi) is 4.20. The summed E-state index contributed by atoms with van der Waals surface area (Å²) in [5, 5.41) is 3.80. The molecule has 2 aromatic carbocycles. The Morgan fingerprint density at radius 1 is 1.22 bits per heavy atom. The van der Waals surface area contributed by atoms with Crippen molar-refractivity contribution in [2.24, 2.45) is 4.40 Å². The number of benzene rings is 2. The van der Waals surface area contributed by atoms with Crippen LogP contribution in [0.5, 0.6) is 0 Å². The molecule has 0 spiro atoms. The van der Waals surface area contributed by atoms with Crippen molar-refractivity contribution in [1.29, 1.82) is 0 Å². The SMILES string of the molecule is Cc1nc2ccc(NC(=O)CN(C)C3=NS(=O)(=O)c4ccccc43)cc2s1. The van der Waals surface area contributed by atoms with Crippen LogP contribution in [-0.2, 0) is 14.8 Å². The highest BCUT2D eigenvalue weighted by Crippen LogP contribution is 2.27. The molecule has 138 valence electrons. The number of hydrogen-bond donors (Lipinski definition) is 1. The van der Waals surface area contributed by atoms with E-state index in [1.807, 2.05) is 19.1 Å². The summed E-state index contributed by atoms with van der Waals surface area (Å²) >= 11 is 1.56. The van der Waals surface area contributed by atoms with Crippen molar-refractivity contribution < 1.29 is 13.2 Å². The van der Waals surface area contributed by atoms with E-state index in [9.17, 15) is 13.2 Å². The van der Waals surface area contributed by atoms with Gasteiger partial charge >= 0.3 is 0 Å². The second-order valence-corrected chi connectivity index (χ2v) is 9.01. The van der Waals surface area contributed by atoms with Crippen molar-refractivity contribution in [3.63, 3.8) is 0 Å². The molecule has 0 saturated heterocycles. The number of likely N-dealkylation sites (N-methyl/N-ethyl adjacent to an activating group) is 1. The van der Waals surface area contributed by atoms with Gasteiger partial charge in [0.2, 0.25) is 5.91 Å². The van der Waals surface area contributed by atoms with Gasteiger partial charge in [-0.15, -0.1) is 15.7 Å². The molecule has 2 heterocycles. The number of nitrogens with one attached hydrogen (secondary N) is 1. The molecule has 9 heteroatoms. The Hall–Kier alpha value is -2.78. The Balaban J connectivity index is 1.51. The Morgan fingerprint density at radius 2 is 2.00 bits per heavy atom. The van der Waals surface area contributed by atoms with E-state index in [-0.39, 0.29) is 23.2 Å². The third kappa shape index (κ3) is 3.31. The average molecular weight is 400 g/mol. The van der Waals surface area contributed by atoms with Crippen LogP contribution in [-0.4, -0.2) is 43.6 Å². The van der Waals surface area contributed by atoms with E-state index in [0.29, 0.717) is 11.3 Å². The number of thiazole rings is 1. The van der Waals surface area contributed by atoms with Crippen molar-refractivity contribution in [3.05, 3.63) is 53.0 Å². The van der Waals surface area contributed by atoms with Gasteiger partial charge in [-0.25, -0.2) is 4.98 Å². The van der Waals surface area contributed by atoms with E-state index >= 15 is 0 Å². The number of nitrogens with zero attached hydrogens (tertiary/aromatic N) is 3. The number of sulfonamides is 1. The van der Waals surface area contributed by atoms with Crippen molar-refractivity contribution in [2.75, 3.05) is 18.9 Å². The lowest BCUT2D eigenvalue weighted by Gasteiger charge is -2.18. The van der Waals surface area contributed by atoms with E-state index in [1.165, 1.54) is 11.0 Å². The van der Waals surface area contributed by atoms with Gasteiger partial charge in [-0.2, -0.15) is 8.42 Å². The molecule has 1 aromatic heterocycles. The first-order chi connectivity index (χ1) is 12.8. The highest BCUT2D eigenvalue weighted by atomic mass is 32.2. The number of aryl methyl sites for hydroxylation is 1. The highest BCUT2D eigenvalue weighted by Gasteiger charge is 2.30. The minimum atomic E-state index is -3.71. The Labute approximate surface area is 160 Å². The van der Waals surface area contributed by atoms with Crippen LogP contribution in [0.2, 0.25) is 0 Å². The van der Waals surface area contributed by atoms with Crippen molar-refractivity contribution in [3.8, 4) is 0 Å². The predicted octanol–water partition coefficient (Wildman–Crippen LogP) is 2.62. The van der Waals surface area contributed by atoms with Crippen molar-refractivity contribution in [1.82, 2.24) is 9.88 Å². The maximum absolute atomic E-state index is 12.4. The molecule has 0 aliphatic carbocycles. The zero-order valence-electron chi connectivity index (χ0n) is 14.6. The summed E-state index contributed by atoms with van der Waals surface area (Å²) < 4.78 is 29.1. The van der Waals surface area contributed by atoms with E-state index < -0.39 is 10.0 Å². The molecule has 0 radical (unpaired) electrons. The van der Waals surface area contributed by atoms with E-state index in [4.69, 9.17) is 0 Å². The molecule has 0 atom stereocenters. The van der Waals surface area contributed by atoms with Crippen LogP contribution in [0.3, 0.4) is 0 Å². The molecule has 1 amide bonds. The fourth-order valence-corrected chi connectivity index (χ4v) is 5.09. The maximum Gasteiger partial charge on any atom is 0.285 e. The van der Waals surface area contributed by atoms with Crippen LogP contribution in [0.15, 0.2) is 51.8 Å². The summed E-state index contributed by atoms with van der Waals surface area (Å²) in [7, 11) is -2.06. The van der Waals surface area contributed by atoms with Crippen LogP contribution in [0.25, 0.3) is 10.2 Å². The molecule has 3 aromatic rings. The lowest BCUT2D eigenvalue weighted by atomic mass is 10.2. The molecule has 4 rings (SSSR count). The van der Waals surface area contributed by atoms with Crippen LogP contribution in [0.1, 0.15) is 10.6 Å². The second kappa shape index (κ2) is 6.43. The topological polar surface area (TPSA) is 91.7 Å². The fourth-order valence-electron chi connectivity index (χ4n) is 2.97. The quantitative estimate of drug-likeness (QED) is 0.730. The molecular weight excluding hydrogens is 384 g/mol. The number of fused-ring (bicyclic) bond motifs is 2. The van der Waals surface area contributed by atoms with Gasteiger partial charge in [0, 0.05) is 18.3 Å². The van der Waals surface area contributed by atoms with Crippen LogP contribution in [0, 0.1) is 6.92 Å². The summed E-state index contributed by atoms with van der Waals surface area (Å²) in [5.74, 6) is 0.0110. The summed E-state index contributed by atoms with van der Waals surface area (Å²) in [6, 6.07) is 12.1. The molecule has 0 bridgehead atoms. The van der Waals surface area contributed by atoms with Crippen molar-refractivity contribution in [2.45, 2.75) is 11.8 Å². The smallest absolute Gasteiger partial charge is 0.285 e. The van der Waals surface area contributed by atoms with Gasteiger partial charge in [-0.3, -0.25) is 4.79 Å². The largest absolute Gasteiger partial charge is 0.349 e. The number of anilines is 1. The molecule has 1 N–H and O–H groups in total. The third-order valence-corrected chi connectivity index (χ3v) is 6.39. The van der Waals surface area contributed by atoms with E-state index in [2.05, 4.69) is 14.7 Å². The minimum absolute atomic E-state index is 0.0254. The molecule has 1 aliphatic rings. The Bertz CT molecular complexity index is 1200. The Morgan fingerprint density at radius 3 is 2.81 bits per heavy atom. The number of amides is 1. The summed E-state index contributed by atoms with van der Waals surface area (Å²) in [6.45, 7) is 1.91. The van der Waals surface area contributed by atoms with Crippen molar-refractivity contribution >= 4 is 49.0 Å². The van der Waals surface area contributed by atoms with Gasteiger partial charge in [0.1, 0.15) is 4.90 Å². The molecule has 0 fully saturated rings. The lowest BCUT2D eigenvalue weighted by molar-refractivity contribution is -0.116. The summed E-state index contributed by atoms with van der Waals surface area (Å²) in [5.41, 5.74) is 2.08. The van der Waals surface area contributed by atoms with Gasteiger partial charge in [-0.05, 0) is 37.3 Å². The zero-order chi connectivity index (χ0) is 19.2. The predicted molar refractivity (Wildman–Crippen MR) is 106 cm³/mol. The first-order valence-corrected chi connectivity index (χ1v) is 10.4. The monoisotopic (exact) mass is 400 g/mol. The first-order valence-electron chi connectivity index (χ1n) is 8.16. The van der Waals surface area contributed by atoms with Gasteiger partial charge in [-0.1, -0.05) is 12.1 Å². The normalized spacial score (nSPS) is 14.7. The van der Waals surface area contributed by atoms with Gasteiger partial charge in [0.25, 0.3) is 10.0 Å². The van der Waals surface area contributed by atoms with Crippen LogP contribution >= 0.6 is 11.3 Å². The summed E-state index contributed by atoms with van der Waals surface area (Å²) in [4.78, 5) is 18.5. The first kappa shape index (κ1) is 17.6. The number of rotatable bonds is 3. The maximum atomic E-state index is 12.4. The number of carbonyl (C=O) groups is 1. The summed E-state index contributed by atoms with van der Waals surface area (Å²) in [6.07, 6.45) is 0. The number of amidine groups is 1. The van der Waals surface area contributed by atoms with Crippen LogP contribution in [0.4, 0.5) is 5.69 Å².